The van der Waals surface area contributed by atoms with E-state index in [-0.39, 0.29) is 23.7 Å². The van der Waals surface area contributed by atoms with E-state index in [9.17, 15) is 15.0 Å². The van der Waals surface area contributed by atoms with Crippen LogP contribution < -0.4 is 0 Å². The normalized spacial score (nSPS) is 24.2. The highest BCUT2D eigenvalue weighted by molar-refractivity contribution is 5.77. The van der Waals surface area contributed by atoms with Gasteiger partial charge in [0.25, 0.3) is 0 Å². The molecule has 29 heavy (non-hydrogen) atoms. The molecule has 2 atom stereocenters. The molecule has 1 aromatic carbocycles. The maximum atomic E-state index is 12.7. The number of aliphatic hydroxyl groups excluding tert-OH is 1. The number of carbonyl (C=O) groups excluding carboxylic acids is 1. The Morgan fingerprint density at radius 2 is 2.03 bits per heavy atom. The van der Waals surface area contributed by atoms with Crippen LogP contribution >= 0.6 is 0 Å². The summed E-state index contributed by atoms with van der Waals surface area (Å²) in [7, 11) is 0. The molecule has 0 saturated carbocycles. The Bertz CT molecular complexity index is 825. The van der Waals surface area contributed by atoms with Gasteiger partial charge in [0.05, 0.1) is 6.61 Å². The largest absolute Gasteiger partial charge is 0.508 e. The number of rotatable bonds is 8. The van der Waals surface area contributed by atoms with Crippen molar-refractivity contribution in [2.45, 2.75) is 25.8 Å². The molecule has 0 radical (unpaired) electrons. The molecule has 2 aliphatic rings. The number of aromatic hydroxyl groups is 1. The number of hydrogen-bond donors (Lipinski definition) is 2. The molecule has 2 unspecified atom stereocenters. The molecule has 2 aromatic rings. The van der Waals surface area contributed by atoms with Crippen molar-refractivity contribution >= 4 is 5.91 Å². The summed E-state index contributed by atoms with van der Waals surface area (Å²) in [5.41, 5.74) is 0.608. The van der Waals surface area contributed by atoms with E-state index < -0.39 is 0 Å². The highest BCUT2D eigenvalue weighted by Crippen LogP contribution is 2.42. The van der Waals surface area contributed by atoms with Gasteiger partial charge in [0.15, 0.2) is 0 Å². The maximum absolute atomic E-state index is 12.7. The summed E-state index contributed by atoms with van der Waals surface area (Å²) in [5, 5.41) is 24.3. The molecule has 2 saturated heterocycles. The predicted octanol–water partition coefficient (Wildman–Crippen LogP) is 1.36. The van der Waals surface area contributed by atoms with Crippen molar-refractivity contribution in [2.75, 3.05) is 39.3 Å². The first kappa shape index (κ1) is 19.9. The van der Waals surface area contributed by atoms with Gasteiger partial charge >= 0.3 is 0 Å². The number of likely N-dealkylation sites (tertiary alicyclic amines) is 2. The minimum atomic E-state index is -0.198. The van der Waals surface area contributed by atoms with E-state index in [1.165, 1.54) is 0 Å². The van der Waals surface area contributed by atoms with E-state index >= 15 is 0 Å². The minimum Gasteiger partial charge on any atom is -0.508 e. The fourth-order valence-electron chi connectivity index (χ4n) is 4.89. The third-order valence-corrected chi connectivity index (χ3v) is 6.52. The lowest BCUT2D eigenvalue weighted by Crippen LogP contribution is -2.39. The van der Waals surface area contributed by atoms with Gasteiger partial charge in [0, 0.05) is 57.0 Å². The Balaban J connectivity index is 1.27. The van der Waals surface area contributed by atoms with Gasteiger partial charge in [0.2, 0.25) is 5.91 Å². The predicted molar refractivity (Wildman–Crippen MR) is 109 cm³/mol. The summed E-state index contributed by atoms with van der Waals surface area (Å²) in [4.78, 5) is 17.1. The topological polar surface area (TPSA) is 81.8 Å². The lowest BCUT2D eigenvalue weighted by Gasteiger charge is -2.27. The van der Waals surface area contributed by atoms with Crippen molar-refractivity contribution in [1.29, 1.82) is 0 Å². The third kappa shape index (κ3) is 4.31. The average molecular weight is 399 g/mol. The molecular formula is C22H30N4O3. The molecule has 2 N–H and O–H groups in total. The number of phenolic OH excluding ortho intramolecular Hbond substituents is 1. The van der Waals surface area contributed by atoms with Crippen LogP contribution in [0.15, 0.2) is 42.7 Å². The number of nitrogens with zero attached hydrogens (tertiary/aromatic N) is 4. The first-order valence-electron chi connectivity index (χ1n) is 10.4. The molecule has 0 spiro atoms. The van der Waals surface area contributed by atoms with Crippen molar-refractivity contribution in [3.63, 3.8) is 0 Å². The van der Waals surface area contributed by atoms with Crippen molar-refractivity contribution in [3.05, 3.63) is 48.3 Å². The molecule has 1 aromatic heterocycles. The number of fused-ring (bicyclic) bond motifs is 1. The molecule has 0 aliphatic carbocycles. The summed E-state index contributed by atoms with van der Waals surface area (Å²) in [6.45, 7) is 5.13. The number of aromatic nitrogens is 2. The first-order chi connectivity index (χ1) is 14.1. The van der Waals surface area contributed by atoms with Crippen molar-refractivity contribution in [2.24, 2.45) is 11.3 Å². The number of aryl methyl sites for hydroxylation is 2. The lowest BCUT2D eigenvalue weighted by atomic mass is 9.82. The van der Waals surface area contributed by atoms with Crippen LogP contribution in [0, 0.1) is 11.3 Å². The Morgan fingerprint density at radius 1 is 1.17 bits per heavy atom. The zero-order valence-electron chi connectivity index (χ0n) is 16.8. The van der Waals surface area contributed by atoms with E-state index in [4.69, 9.17) is 0 Å². The van der Waals surface area contributed by atoms with Gasteiger partial charge in [-0.05, 0) is 43.0 Å². The van der Waals surface area contributed by atoms with Crippen molar-refractivity contribution in [3.8, 4) is 5.75 Å². The second kappa shape index (κ2) is 8.55. The first-order valence-corrected chi connectivity index (χ1v) is 10.4. The number of para-hydroxylation sites is 1. The number of carbonyl (C=O) groups is 1. The third-order valence-electron chi connectivity index (χ3n) is 6.52. The molecule has 1 amide bonds. The molecule has 7 heteroatoms. The minimum absolute atomic E-state index is 0.112. The summed E-state index contributed by atoms with van der Waals surface area (Å²) >= 11 is 0. The van der Waals surface area contributed by atoms with Crippen LogP contribution in [0.3, 0.4) is 0 Å². The standard InChI is InChI=1S/C22H30N4O3/c27-17-22-15-24(10-4-12-26-11-3-9-23-26)13-19(22)14-25(16-22)21(29)8-7-18-5-1-2-6-20(18)28/h1-3,5-6,9,11,19,27-28H,4,7-8,10,12-17H2. The molecule has 4 rings (SSSR count). The van der Waals surface area contributed by atoms with Crippen LogP contribution in [0.25, 0.3) is 0 Å². The van der Waals surface area contributed by atoms with Crippen LogP contribution in [0.4, 0.5) is 0 Å². The zero-order valence-corrected chi connectivity index (χ0v) is 16.8. The number of hydrogen-bond acceptors (Lipinski definition) is 5. The van der Waals surface area contributed by atoms with Gasteiger partial charge in [0.1, 0.15) is 5.75 Å². The fourth-order valence-corrected chi connectivity index (χ4v) is 4.89. The van der Waals surface area contributed by atoms with Gasteiger partial charge in [-0.1, -0.05) is 18.2 Å². The Morgan fingerprint density at radius 3 is 2.76 bits per heavy atom. The number of phenols is 1. The molecule has 156 valence electrons. The average Bonchev–Trinajstić information content (AvgIpc) is 3.42. The Hall–Kier alpha value is -2.38. The molecular weight excluding hydrogens is 368 g/mol. The van der Waals surface area contributed by atoms with Gasteiger partial charge in [-0.3, -0.25) is 9.48 Å². The lowest BCUT2D eigenvalue weighted by molar-refractivity contribution is -0.130. The van der Waals surface area contributed by atoms with Crippen LogP contribution in [-0.2, 0) is 17.8 Å². The van der Waals surface area contributed by atoms with E-state index in [0.29, 0.717) is 25.3 Å². The highest BCUT2D eigenvalue weighted by Gasteiger charge is 2.52. The van der Waals surface area contributed by atoms with Crippen LogP contribution in [0.2, 0.25) is 0 Å². The van der Waals surface area contributed by atoms with Gasteiger partial charge in [-0.15, -0.1) is 0 Å². The second-order valence-electron chi connectivity index (χ2n) is 8.48. The molecule has 2 fully saturated rings. The van der Waals surface area contributed by atoms with Gasteiger partial charge in [-0.25, -0.2) is 0 Å². The highest BCUT2D eigenvalue weighted by atomic mass is 16.3. The molecule has 0 bridgehead atoms. The second-order valence-corrected chi connectivity index (χ2v) is 8.48. The maximum Gasteiger partial charge on any atom is 0.222 e. The van der Waals surface area contributed by atoms with Crippen molar-refractivity contribution in [1.82, 2.24) is 19.6 Å². The van der Waals surface area contributed by atoms with Crippen LogP contribution in [-0.4, -0.2) is 75.0 Å². The van der Waals surface area contributed by atoms with E-state index in [0.717, 1.165) is 44.7 Å². The molecule has 7 nitrogen and oxygen atoms in total. The van der Waals surface area contributed by atoms with E-state index in [2.05, 4.69) is 10.00 Å². The monoisotopic (exact) mass is 398 g/mol. The summed E-state index contributed by atoms with van der Waals surface area (Å²) in [5.74, 6) is 0.683. The number of benzene rings is 1. The smallest absolute Gasteiger partial charge is 0.222 e. The van der Waals surface area contributed by atoms with Crippen molar-refractivity contribution < 1.29 is 15.0 Å². The van der Waals surface area contributed by atoms with E-state index in [1.54, 1.807) is 18.3 Å². The number of aliphatic hydroxyl groups is 1. The Labute approximate surface area is 171 Å². The molecule has 2 aliphatic heterocycles. The fraction of sp³-hybridized carbons (Fsp3) is 0.545. The van der Waals surface area contributed by atoms with Crippen LogP contribution in [0.1, 0.15) is 18.4 Å². The summed E-state index contributed by atoms with van der Waals surface area (Å²) in [6.07, 6.45) is 5.73. The van der Waals surface area contributed by atoms with Gasteiger partial charge < -0.3 is 20.0 Å². The number of amides is 1. The van der Waals surface area contributed by atoms with Gasteiger partial charge in [-0.2, -0.15) is 5.10 Å². The SMILES string of the molecule is O=C(CCc1ccccc1O)N1CC2CN(CCCn3cccn3)CC2(CO)C1. The summed E-state index contributed by atoms with van der Waals surface area (Å²) in [6, 6.07) is 9.11. The Kier molecular flexibility index (Phi) is 5.87. The zero-order chi connectivity index (χ0) is 20.3. The van der Waals surface area contributed by atoms with E-state index in [1.807, 2.05) is 34.0 Å². The summed E-state index contributed by atoms with van der Waals surface area (Å²) < 4.78 is 1.95. The molecule has 3 heterocycles. The quantitative estimate of drug-likeness (QED) is 0.702. The van der Waals surface area contributed by atoms with Crippen LogP contribution in [0.5, 0.6) is 5.75 Å².